The van der Waals surface area contributed by atoms with Crippen LogP contribution >= 0.6 is 11.8 Å². The molecule has 0 saturated heterocycles. The Labute approximate surface area is 193 Å². The molecule has 5 rings (SSSR count). The molecule has 1 aromatic heterocycles. The summed E-state index contributed by atoms with van der Waals surface area (Å²) in [6.45, 7) is 0.689. The summed E-state index contributed by atoms with van der Waals surface area (Å²) in [7, 11) is 3.99. The Kier molecular flexibility index (Phi) is 5.43. The molecule has 0 radical (unpaired) electrons. The lowest BCUT2D eigenvalue weighted by molar-refractivity contribution is 0.0692. The van der Waals surface area contributed by atoms with E-state index in [1.807, 2.05) is 48.2 Å². The van der Waals surface area contributed by atoms with E-state index >= 15 is 0 Å². The van der Waals surface area contributed by atoms with Crippen LogP contribution in [0.25, 0.3) is 10.9 Å². The normalized spacial score (nSPS) is 15.6. The summed E-state index contributed by atoms with van der Waals surface area (Å²) in [4.78, 5) is 22.7. The Morgan fingerprint density at radius 2 is 1.81 bits per heavy atom. The maximum absolute atomic E-state index is 13.8. The zero-order valence-corrected chi connectivity index (χ0v) is 19.4. The summed E-state index contributed by atoms with van der Waals surface area (Å²) >= 11 is 1.73. The standard InChI is InChI=1S/C27H27N3OS/c1-29(2)20-8-6-7-19(17-20)27(31)30-16-15-23-22-9-4-5-10-24(22)28-25(23)26(30)18-11-13-21(32-3)14-12-18/h4-14,17,26,28H,15-16H2,1-3H3. The number of carbonyl (C=O) groups is 1. The van der Waals surface area contributed by atoms with E-state index in [1.54, 1.807) is 11.8 Å². The van der Waals surface area contributed by atoms with Crippen LogP contribution in [0, 0.1) is 0 Å². The van der Waals surface area contributed by atoms with Gasteiger partial charge in [0.05, 0.1) is 6.04 Å². The lowest BCUT2D eigenvalue weighted by Crippen LogP contribution is -2.40. The number of H-pyrrole nitrogens is 1. The fraction of sp³-hybridized carbons (Fsp3) is 0.222. The van der Waals surface area contributed by atoms with Gasteiger partial charge in [-0.3, -0.25) is 4.79 Å². The molecule has 1 N–H and O–H groups in total. The number of hydrogen-bond acceptors (Lipinski definition) is 3. The minimum atomic E-state index is -0.141. The van der Waals surface area contributed by atoms with Crippen molar-refractivity contribution in [1.29, 1.82) is 0 Å². The predicted molar refractivity (Wildman–Crippen MR) is 134 cm³/mol. The predicted octanol–water partition coefficient (Wildman–Crippen LogP) is 5.74. The Hall–Kier alpha value is -3.18. The number of thioether (sulfide) groups is 1. The minimum Gasteiger partial charge on any atom is -0.378 e. The number of para-hydroxylation sites is 1. The first-order chi connectivity index (χ1) is 15.6. The number of carbonyl (C=O) groups excluding carboxylic acids is 1. The van der Waals surface area contributed by atoms with Gasteiger partial charge in [-0.1, -0.05) is 36.4 Å². The molecule has 0 spiro atoms. The minimum absolute atomic E-state index is 0.0666. The molecule has 4 aromatic rings. The smallest absolute Gasteiger partial charge is 0.254 e. The largest absolute Gasteiger partial charge is 0.378 e. The van der Waals surface area contributed by atoms with Crippen molar-refractivity contribution in [1.82, 2.24) is 9.88 Å². The number of hydrogen-bond donors (Lipinski definition) is 1. The number of benzene rings is 3. The highest BCUT2D eigenvalue weighted by Gasteiger charge is 2.35. The average molecular weight is 442 g/mol. The van der Waals surface area contributed by atoms with E-state index in [0.29, 0.717) is 6.54 Å². The van der Waals surface area contributed by atoms with Gasteiger partial charge in [-0.05, 0) is 60.2 Å². The highest BCUT2D eigenvalue weighted by atomic mass is 32.2. The molecule has 2 heterocycles. The monoisotopic (exact) mass is 441 g/mol. The molecule has 32 heavy (non-hydrogen) atoms. The van der Waals surface area contributed by atoms with E-state index in [-0.39, 0.29) is 11.9 Å². The van der Waals surface area contributed by atoms with Gasteiger partial charge in [0.25, 0.3) is 5.91 Å². The highest BCUT2D eigenvalue weighted by Crippen LogP contribution is 2.39. The van der Waals surface area contributed by atoms with E-state index in [2.05, 4.69) is 59.8 Å². The quantitative estimate of drug-likeness (QED) is 0.410. The van der Waals surface area contributed by atoms with Crippen molar-refractivity contribution < 1.29 is 4.79 Å². The Morgan fingerprint density at radius 3 is 2.56 bits per heavy atom. The number of anilines is 1. The SMILES string of the molecule is CSc1ccc(C2c3[nH]c4ccccc4c3CCN2C(=O)c2cccc(N(C)C)c2)cc1. The molecule has 4 nitrogen and oxygen atoms in total. The summed E-state index contributed by atoms with van der Waals surface area (Å²) in [6.07, 6.45) is 2.93. The van der Waals surface area contributed by atoms with Crippen molar-refractivity contribution >= 4 is 34.3 Å². The molecule has 5 heteroatoms. The van der Waals surface area contributed by atoms with Crippen LogP contribution < -0.4 is 4.90 Å². The molecule has 1 aliphatic rings. The van der Waals surface area contributed by atoms with E-state index in [1.165, 1.54) is 15.8 Å². The number of rotatable bonds is 4. The molecule has 1 amide bonds. The van der Waals surface area contributed by atoms with Gasteiger partial charge in [0.15, 0.2) is 0 Å². The van der Waals surface area contributed by atoms with Crippen LogP contribution in [0.5, 0.6) is 0 Å². The number of aromatic nitrogens is 1. The van der Waals surface area contributed by atoms with Gasteiger partial charge in [0.1, 0.15) is 0 Å². The second-order valence-corrected chi connectivity index (χ2v) is 9.31. The zero-order chi connectivity index (χ0) is 22.2. The van der Waals surface area contributed by atoms with Crippen molar-refractivity contribution in [3.05, 3.63) is 95.2 Å². The first-order valence-corrected chi connectivity index (χ1v) is 12.1. The maximum atomic E-state index is 13.8. The molecule has 1 aliphatic heterocycles. The second-order valence-electron chi connectivity index (χ2n) is 8.43. The lowest BCUT2D eigenvalue weighted by atomic mass is 9.91. The van der Waals surface area contributed by atoms with E-state index < -0.39 is 0 Å². The Balaban J connectivity index is 1.62. The van der Waals surface area contributed by atoms with Crippen LogP contribution in [0.1, 0.15) is 33.2 Å². The second kappa shape index (κ2) is 8.40. The van der Waals surface area contributed by atoms with Gasteiger partial charge >= 0.3 is 0 Å². The number of amides is 1. The molecule has 0 fully saturated rings. The summed E-state index contributed by atoms with van der Waals surface area (Å²) in [6, 6.07) is 24.8. The van der Waals surface area contributed by atoms with Crippen LogP contribution in [-0.2, 0) is 6.42 Å². The third-order valence-corrected chi connectivity index (χ3v) is 7.08. The van der Waals surface area contributed by atoms with E-state index in [9.17, 15) is 4.79 Å². The topological polar surface area (TPSA) is 39.3 Å². The highest BCUT2D eigenvalue weighted by molar-refractivity contribution is 7.98. The third kappa shape index (κ3) is 3.56. The Morgan fingerprint density at radius 1 is 1.03 bits per heavy atom. The summed E-state index contributed by atoms with van der Waals surface area (Å²) in [5.74, 6) is 0.0666. The fourth-order valence-corrected chi connectivity index (χ4v) is 5.08. The van der Waals surface area contributed by atoms with Gasteiger partial charge in [-0.25, -0.2) is 0 Å². The number of nitrogens with one attached hydrogen (secondary N) is 1. The van der Waals surface area contributed by atoms with Crippen molar-refractivity contribution in [2.75, 3.05) is 31.8 Å². The van der Waals surface area contributed by atoms with Crippen LogP contribution in [0.2, 0.25) is 0 Å². The van der Waals surface area contributed by atoms with Crippen molar-refractivity contribution in [3.63, 3.8) is 0 Å². The van der Waals surface area contributed by atoms with Crippen molar-refractivity contribution in [2.45, 2.75) is 17.4 Å². The summed E-state index contributed by atoms with van der Waals surface area (Å²) in [5.41, 5.74) is 6.47. The molecule has 0 aliphatic carbocycles. The number of nitrogens with zero attached hydrogens (tertiary/aromatic N) is 2. The number of aromatic amines is 1. The van der Waals surface area contributed by atoms with Crippen LogP contribution in [0.4, 0.5) is 5.69 Å². The van der Waals surface area contributed by atoms with Gasteiger partial charge in [0.2, 0.25) is 0 Å². The van der Waals surface area contributed by atoms with Gasteiger partial charge < -0.3 is 14.8 Å². The molecule has 0 saturated carbocycles. The first kappa shape index (κ1) is 20.7. The molecular weight excluding hydrogens is 414 g/mol. The fourth-order valence-electron chi connectivity index (χ4n) is 4.68. The van der Waals surface area contributed by atoms with Crippen LogP contribution in [-0.4, -0.2) is 42.7 Å². The maximum Gasteiger partial charge on any atom is 0.254 e. The lowest BCUT2D eigenvalue weighted by Gasteiger charge is -2.36. The molecule has 1 atom stereocenters. The van der Waals surface area contributed by atoms with Gasteiger partial charge in [-0.15, -0.1) is 11.8 Å². The van der Waals surface area contributed by atoms with E-state index in [4.69, 9.17) is 0 Å². The Bertz CT molecular complexity index is 1280. The van der Waals surface area contributed by atoms with E-state index in [0.717, 1.165) is 34.4 Å². The zero-order valence-electron chi connectivity index (χ0n) is 18.6. The van der Waals surface area contributed by atoms with Crippen LogP contribution in [0.15, 0.2) is 77.7 Å². The molecule has 0 bridgehead atoms. The molecule has 162 valence electrons. The average Bonchev–Trinajstić information content (AvgIpc) is 3.22. The van der Waals surface area contributed by atoms with Crippen molar-refractivity contribution in [3.8, 4) is 0 Å². The van der Waals surface area contributed by atoms with Gasteiger partial charge in [-0.2, -0.15) is 0 Å². The first-order valence-electron chi connectivity index (χ1n) is 10.9. The molecule has 1 unspecified atom stereocenters. The molecular formula is C27H27N3OS. The molecule has 3 aromatic carbocycles. The summed E-state index contributed by atoms with van der Waals surface area (Å²) < 4.78 is 0. The number of fused-ring (bicyclic) bond motifs is 3. The van der Waals surface area contributed by atoms with Crippen LogP contribution in [0.3, 0.4) is 0 Å². The third-order valence-electron chi connectivity index (χ3n) is 6.34. The summed E-state index contributed by atoms with van der Waals surface area (Å²) in [5, 5.41) is 1.26. The van der Waals surface area contributed by atoms with Crippen molar-refractivity contribution in [2.24, 2.45) is 0 Å². The van der Waals surface area contributed by atoms with Gasteiger partial charge in [0, 0.05) is 53.4 Å².